The molecule has 0 spiro atoms. The van der Waals surface area contributed by atoms with E-state index < -0.39 is 6.09 Å². The number of piperidine rings is 1. The highest BCUT2D eigenvalue weighted by Crippen LogP contribution is 2.25. The summed E-state index contributed by atoms with van der Waals surface area (Å²) in [7, 11) is 0. The molecule has 0 atom stereocenters. The topological polar surface area (TPSA) is 71.5 Å². The summed E-state index contributed by atoms with van der Waals surface area (Å²) in [4.78, 5) is 31.3. The largest absolute Gasteiger partial charge is 0.449 e. The molecule has 4 rings (SSSR count). The van der Waals surface area contributed by atoms with Crippen molar-refractivity contribution in [2.24, 2.45) is 5.92 Å². The Morgan fingerprint density at radius 2 is 1.94 bits per heavy atom. The third kappa shape index (κ3) is 5.61. The van der Waals surface area contributed by atoms with Crippen LogP contribution in [0.2, 0.25) is 5.02 Å². The Labute approximate surface area is 190 Å². The number of nitrogens with zero attached hydrogens (tertiary/aromatic N) is 2. The first-order chi connectivity index (χ1) is 15.1. The number of rotatable bonds is 7. The Balaban J connectivity index is 1.15. The molecule has 1 amide bonds. The van der Waals surface area contributed by atoms with Gasteiger partial charge in [-0.25, -0.2) is 9.78 Å². The average Bonchev–Trinajstić information content (AvgIpc) is 3.27. The van der Waals surface area contributed by atoms with Crippen molar-refractivity contribution in [3.8, 4) is 0 Å². The van der Waals surface area contributed by atoms with Gasteiger partial charge in [0.25, 0.3) is 0 Å². The van der Waals surface area contributed by atoms with E-state index in [0.29, 0.717) is 17.3 Å². The van der Waals surface area contributed by atoms with Gasteiger partial charge in [0, 0.05) is 23.0 Å². The molecular weight excluding hydrogens is 434 g/mol. The van der Waals surface area contributed by atoms with Crippen LogP contribution in [0.15, 0.2) is 48.0 Å². The number of hydrogen-bond acceptors (Lipinski definition) is 6. The van der Waals surface area contributed by atoms with Crippen LogP contribution in [0.25, 0.3) is 10.2 Å². The van der Waals surface area contributed by atoms with Gasteiger partial charge < -0.3 is 9.64 Å². The fourth-order valence-electron chi connectivity index (χ4n) is 3.85. The number of benzene rings is 2. The number of hydrogen-bond donors (Lipinski definition) is 1. The maximum absolute atomic E-state index is 12.6. The lowest BCUT2D eigenvalue weighted by Gasteiger charge is -2.31. The molecular formula is C23H24ClN3O3S. The molecule has 162 valence electrons. The first kappa shape index (κ1) is 21.7. The fraction of sp³-hybridized carbons (Fsp3) is 0.348. The number of carbonyl (C=O) groups is 2. The summed E-state index contributed by atoms with van der Waals surface area (Å²) >= 11 is 7.44. The second-order valence-corrected chi connectivity index (χ2v) is 8.93. The Morgan fingerprint density at radius 3 is 2.71 bits per heavy atom. The molecule has 1 aromatic heterocycles. The van der Waals surface area contributed by atoms with E-state index >= 15 is 0 Å². The number of Topliss-reactive ketones (excluding diaryl/α,β-unsaturated/α-hetero) is 1. The first-order valence-corrected chi connectivity index (χ1v) is 11.6. The lowest BCUT2D eigenvalue weighted by atomic mass is 9.89. The Hall–Kier alpha value is -2.48. The predicted molar refractivity (Wildman–Crippen MR) is 124 cm³/mol. The van der Waals surface area contributed by atoms with Gasteiger partial charge in [0.1, 0.15) is 5.52 Å². The normalized spacial score (nSPS) is 15.1. The summed E-state index contributed by atoms with van der Waals surface area (Å²) in [6, 6.07) is 12.8. The number of para-hydroxylation sites is 1. The lowest BCUT2D eigenvalue weighted by molar-refractivity contribution is 0.0830. The van der Waals surface area contributed by atoms with Gasteiger partial charge in [-0.2, -0.15) is 0 Å². The summed E-state index contributed by atoms with van der Waals surface area (Å²) in [5.41, 5.74) is 3.93. The molecule has 0 unspecified atom stereocenters. The number of thiazole rings is 1. The maximum Gasteiger partial charge on any atom is 0.411 e. The summed E-state index contributed by atoms with van der Waals surface area (Å²) in [5, 5.41) is 3.41. The van der Waals surface area contributed by atoms with Gasteiger partial charge in [0.15, 0.2) is 5.78 Å². The van der Waals surface area contributed by atoms with Crippen molar-refractivity contribution in [2.45, 2.75) is 19.3 Å². The Kier molecular flexibility index (Phi) is 7.17. The molecule has 0 saturated carbocycles. The molecule has 2 heterocycles. The van der Waals surface area contributed by atoms with Gasteiger partial charge in [-0.3, -0.25) is 10.1 Å². The molecule has 0 bridgehead atoms. The number of ketones is 1. The van der Waals surface area contributed by atoms with Crippen molar-refractivity contribution >= 4 is 50.7 Å². The number of halogens is 1. The number of anilines is 1. The zero-order chi connectivity index (χ0) is 21.6. The van der Waals surface area contributed by atoms with E-state index in [9.17, 15) is 9.59 Å². The van der Waals surface area contributed by atoms with Gasteiger partial charge in [-0.1, -0.05) is 17.7 Å². The van der Waals surface area contributed by atoms with Gasteiger partial charge >= 0.3 is 6.09 Å². The molecule has 6 nitrogen and oxygen atoms in total. The van der Waals surface area contributed by atoms with E-state index in [1.807, 2.05) is 18.2 Å². The van der Waals surface area contributed by atoms with Crippen LogP contribution in [-0.4, -0.2) is 48.0 Å². The smallest absolute Gasteiger partial charge is 0.411 e. The Bertz CT molecular complexity index is 1050. The standard InChI is InChI=1S/C23H24ClN3O3S/c24-18-7-5-16(6-8-18)22(28)17-9-12-27(13-10-17)11-2-14-30-23(29)26-19-3-1-4-20-21(19)25-15-31-20/h1,3-8,15,17H,2,9-14H2,(H,26,29). The highest BCUT2D eigenvalue weighted by molar-refractivity contribution is 7.16. The summed E-state index contributed by atoms with van der Waals surface area (Å²) < 4.78 is 6.35. The van der Waals surface area contributed by atoms with Gasteiger partial charge in [-0.05, 0) is 68.8 Å². The first-order valence-electron chi connectivity index (χ1n) is 10.4. The number of carbonyl (C=O) groups excluding carboxylic acids is 2. The molecule has 2 aromatic carbocycles. The second-order valence-electron chi connectivity index (χ2n) is 7.61. The zero-order valence-electron chi connectivity index (χ0n) is 17.1. The van der Waals surface area contributed by atoms with Crippen molar-refractivity contribution in [3.05, 3.63) is 58.6 Å². The second kappa shape index (κ2) is 10.2. The number of nitrogens with one attached hydrogen (secondary N) is 1. The summed E-state index contributed by atoms with van der Waals surface area (Å²) in [6.45, 7) is 2.95. The van der Waals surface area contributed by atoms with Gasteiger partial charge in [0.05, 0.1) is 22.5 Å². The third-order valence-corrected chi connectivity index (χ3v) is 6.58. The quantitative estimate of drug-likeness (QED) is 0.375. The van der Waals surface area contributed by atoms with Crippen LogP contribution >= 0.6 is 22.9 Å². The molecule has 1 saturated heterocycles. The summed E-state index contributed by atoms with van der Waals surface area (Å²) in [6.07, 6.45) is 1.98. The molecule has 3 aromatic rings. The highest BCUT2D eigenvalue weighted by Gasteiger charge is 2.25. The van der Waals surface area contributed by atoms with Crippen LogP contribution < -0.4 is 5.32 Å². The van der Waals surface area contributed by atoms with E-state index in [-0.39, 0.29) is 11.7 Å². The number of ether oxygens (including phenoxy) is 1. The highest BCUT2D eigenvalue weighted by atomic mass is 35.5. The van der Waals surface area contributed by atoms with E-state index in [2.05, 4.69) is 15.2 Å². The molecule has 1 aliphatic heterocycles. The molecule has 0 aliphatic carbocycles. The molecule has 1 aliphatic rings. The van der Waals surface area contributed by atoms with E-state index in [1.165, 1.54) is 11.3 Å². The molecule has 0 radical (unpaired) electrons. The maximum atomic E-state index is 12.6. The van der Waals surface area contributed by atoms with Crippen molar-refractivity contribution < 1.29 is 14.3 Å². The minimum Gasteiger partial charge on any atom is -0.449 e. The van der Waals surface area contributed by atoms with Crippen LogP contribution in [0.3, 0.4) is 0 Å². The van der Waals surface area contributed by atoms with Crippen LogP contribution in [0, 0.1) is 5.92 Å². The lowest BCUT2D eigenvalue weighted by Crippen LogP contribution is -2.37. The number of likely N-dealkylation sites (tertiary alicyclic amines) is 1. The van der Waals surface area contributed by atoms with Gasteiger partial charge in [0.2, 0.25) is 0 Å². The minimum absolute atomic E-state index is 0.0628. The minimum atomic E-state index is -0.465. The Morgan fingerprint density at radius 1 is 1.16 bits per heavy atom. The van der Waals surface area contributed by atoms with E-state index in [1.54, 1.807) is 29.8 Å². The van der Waals surface area contributed by atoms with E-state index in [4.69, 9.17) is 16.3 Å². The SMILES string of the molecule is O=C(Nc1cccc2scnc12)OCCCN1CCC(C(=O)c2ccc(Cl)cc2)CC1. The molecule has 31 heavy (non-hydrogen) atoms. The van der Waals surface area contributed by atoms with Crippen LogP contribution in [0.5, 0.6) is 0 Å². The molecule has 1 N–H and O–H groups in total. The molecule has 1 fully saturated rings. The average molecular weight is 458 g/mol. The number of amides is 1. The number of aromatic nitrogens is 1. The monoisotopic (exact) mass is 457 g/mol. The molecule has 8 heteroatoms. The zero-order valence-corrected chi connectivity index (χ0v) is 18.6. The van der Waals surface area contributed by atoms with Crippen molar-refractivity contribution in [2.75, 3.05) is 31.6 Å². The summed E-state index contributed by atoms with van der Waals surface area (Å²) in [5.74, 6) is 0.263. The van der Waals surface area contributed by atoms with Crippen LogP contribution in [-0.2, 0) is 4.74 Å². The van der Waals surface area contributed by atoms with Crippen molar-refractivity contribution in [3.63, 3.8) is 0 Å². The van der Waals surface area contributed by atoms with Crippen molar-refractivity contribution in [1.82, 2.24) is 9.88 Å². The number of fused-ring (bicyclic) bond motifs is 1. The van der Waals surface area contributed by atoms with Crippen LogP contribution in [0.1, 0.15) is 29.6 Å². The van der Waals surface area contributed by atoms with Gasteiger partial charge in [-0.15, -0.1) is 11.3 Å². The fourth-order valence-corrected chi connectivity index (χ4v) is 4.68. The van der Waals surface area contributed by atoms with Crippen LogP contribution in [0.4, 0.5) is 10.5 Å². The van der Waals surface area contributed by atoms with Crippen molar-refractivity contribution in [1.29, 1.82) is 0 Å². The third-order valence-electron chi connectivity index (χ3n) is 5.54. The predicted octanol–water partition coefficient (Wildman–Crippen LogP) is 5.48. The van der Waals surface area contributed by atoms with E-state index in [0.717, 1.165) is 54.7 Å².